The van der Waals surface area contributed by atoms with Gasteiger partial charge in [-0.15, -0.1) is 5.10 Å². The minimum Gasteiger partial charge on any atom is -0.323 e. The molecule has 7 nitrogen and oxygen atoms in total. The third-order valence-corrected chi connectivity index (χ3v) is 5.61. The molecule has 0 bridgehead atoms. The molecule has 3 amide bonds. The summed E-state index contributed by atoms with van der Waals surface area (Å²) in [7, 11) is 0. The van der Waals surface area contributed by atoms with Gasteiger partial charge < -0.3 is 10.6 Å². The van der Waals surface area contributed by atoms with Gasteiger partial charge in [-0.25, -0.2) is 4.79 Å². The maximum atomic E-state index is 12.9. The number of carbonyl (C=O) groups is 2. The highest BCUT2D eigenvalue weighted by Crippen LogP contribution is 2.33. The molecule has 0 aromatic carbocycles. The van der Waals surface area contributed by atoms with Crippen molar-refractivity contribution < 1.29 is 9.59 Å². The molecule has 0 aliphatic carbocycles. The Morgan fingerprint density at radius 1 is 1.35 bits per heavy atom. The van der Waals surface area contributed by atoms with Crippen molar-refractivity contribution in [2.45, 2.75) is 51.6 Å². The van der Waals surface area contributed by atoms with Gasteiger partial charge in [0.2, 0.25) is 0 Å². The molecule has 3 heterocycles. The largest absolute Gasteiger partial charge is 0.325 e. The lowest BCUT2D eigenvalue weighted by Crippen LogP contribution is -2.53. The van der Waals surface area contributed by atoms with Crippen LogP contribution in [0.2, 0.25) is 0 Å². The average molecular weight is 337 g/mol. The lowest BCUT2D eigenvalue weighted by Gasteiger charge is -2.34. The van der Waals surface area contributed by atoms with E-state index in [9.17, 15) is 9.59 Å². The van der Waals surface area contributed by atoms with Crippen molar-refractivity contribution in [3.05, 3.63) is 10.6 Å². The molecule has 8 heteroatoms. The number of hydrogen-bond acceptors (Lipinski definition) is 6. The van der Waals surface area contributed by atoms with E-state index in [-0.39, 0.29) is 30.3 Å². The Hall–Kier alpha value is -1.54. The number of nitrogens with one attached hydrogen (secondary N) is 2. The van der Waals surface area contributed by atoms with E-state index in [1.54, 1.807) is 0 Å². The molecule has 0 radical (unpaired) electrons. The smallest absolute Gasteiger partial charge is 0.323 e. The molecule has 2 aliphatic rings. The first-order valence-corrected chi connectivity index (χ1v) is 8.86. The zero-order valence-electron chi connectivity index (χ0n) is 13.8. The Morgan fingerprint density at radius 2 is 2.04 bits per heavy atom. The fourth-order valence-corrected chi connectivity index (χ4v) is 4.23. The third kappa shape index (κ3) is 2.85. The third-order valence-electron chi connectivity index (χ3n) is 4.89. The minimum absolute atomic E-state index is 0.127. The Bertz CT molecular complexity index is 611. The van der Waals surface area contributed by atoms with Gasteiger partial charge >= 0.3 is 6.03 Å². The highest BCUT2D eigenvalue weighted by molar-refractivity contribution is 7.05. The van der Waals surface area contributed by atoms with E-state index in [0.717, 1.165) is 36.5 Å². The second-order valence-corrected chi connectivity index (χ2v) is 7.62. The summed E-state index contributed by atoms with van der Waals surface area (Å²) in [5.41, 5.74) is 0.0704. The number of piperidine rings is 1. The maximum absolute atomic E-state index is 12.9. The van der Waals surface area contributed by atoms with E-state index < -0.39 is 5.54 Å². The SMILES string of the molecule is CC(C)c1nnsc1CN1C(=O)N[C@@](C)(C2CCNCC2)C1=O. The zero-order valence-corrected chi connectivity index (χ0v) is 14.6. The second kappa shape index (κ2) is 6.16. The molecule has 0 saturated carbocycles. The molecule has 1 aromatic rings. The zero-order chi connectivity index (χ0) is 16.6. The Labute approximate surface area is 140 Å². The van der Waals surface area contributed by atoms with Gasteiger partial charge in [-0.1, -0.05) is 18.3 Å². The number of hydrogen-bond donors (Lipinski definition) is 2. The van der Waals surface area contributed by atoms with Gasteiger partial charge in [0.1, 0.15) is 5.54 Å². The standard InChI is InChI=1S/C15H23N5O2S/c1-9(2)12-11(23-19-18-12)8-20-13(21)15(3,17-14(20)22)10-4-6-16-7-5-10/h9-10,16H,4-8H2,1-3H3,(H,17,22)/t15-/m0/s1. The van der Waals surface area contributed by atoms with Gasteiger partial charge in [0, 0.05) is 0 Å². The molecule has 1 aromatic heterocycles. The number of urea groups is 1. The summed E-state index contributed by atoms with van der Waals surface area (Å²) >= 11 is 1.26. The number of aromatic nitrogens is 2. The molecule has 2 saturated heterocycles. The quantitative estimate of drug-likeness (QED) is 0.813. The maximum Gasteiger partial charge on any atom is 0.325 e. The van der Waals surface area contributed by atoms with Gasteiger partial charge in [0.15, 0.2) is 0 Å². The average Bonchev–Trinajstić information content (AvgIpc) is 3.08. The predicted octanol–water partition coefficient (Wildman–Crippen LogP) is 1.47. The predicted molar refractivity (Wildman–Crippen MR) is 87.1 cm³/mol. The van der Waals surface area contributed by atoms with Gasteiger partial charge in [0.25, 0.3) is 5.91 Å². The lowest BCUT2D eigenvalue weighted by molar-refractivity contribution is -0.133. The van der Waals surface area contributed by atoms with Crippen molar-refractivity contribution in [2.75, 3.05) is 13.1 Å². The van der Waals surface area contributed by atoms with Crippen molar-refractivity contribution in [2.24, 2.45) is 5.92 Å². The van der Waals surface area contributed by atoms with Crippen LogP contribution in [-0.4, -0.2) is 45.1 Å². The first-order chi connectivity index (χ1) is 10.9. The van der Waals surface area contributed by atoms with Crippen LogP contribution in [0.25, 0.3) is 0 Å². The van der Waals surface area contributed by atoms with E-state index in [4.69, 9.17) is 0 Å². The van der Waals surface area contributed by atoms with Gasteiger partial charge in [-0.2, -0.15) is 0 Å². The van der Waals surface area contributed by atoms with Crippen molar-refractivity contribution >= 4 is 23.5 Å². The molecule has 2 aliphatic heterocycles. The molecule has 2 fully saturated rings. The van der Waals surface area contributed by atoms with E-state index in [1.807, 2.05) is 20.8 Å². The van der Waals surface area contributed by atoms with Gasteiger partial charge in [0.05, 0.1) is 17.1 Å². The Kier molecular flexibility index (Phi) is 4.37. The Balaban J connectivity index is 1.80. The van der Waals surface area contributed by atoms with Crippen LogP contribution in [-0.2, 0) is 11.3 Å². The van der Waals surface area contributed by atoms with Crippen LogP contribution in [0.1, 0.15) is 50.1 Å². The molecule has 3 rings (SSSR count). The van der Waals surface area contributed by atoms with Crippen LogP contribution in [0, 0.1) is 5.92 Å². The summed E-state index contributed by atoms with van der Waals surface area (Å²) in [6.07, 6.45) is 1.80. The van der Waals surface area contributed by atoms with Crippen LogP contribution in [0.3, 0.4) is 0 Å². The van der Waals surface area contributed by atoms with Crippen molar-refractivity contribution in [1.82, 2.24) is 25.1 Å². The highest BCUT2D eigenvalue weighted by atomic mass is 32.1. The normalized spacial score (nSPS) is 26.2. The van der Waals surface area contributed by atoms with Crippen LogP contribution in [0.5, 0.6) is 0 Å². The minimum atomic E-state index is -0.796. The van der Waals surface area contributed by atoms with E-state index in [1.165, 1.54) is 16.4 Å². The molecule has 0 unspecified atom stereocenters. The molecular formula is C15H23N5O2S. The number of nitrogens with zero attached hydrogens (tertiary/aromatic N) is 3. The van der Waals surface area contributed by atoms with Crippen molar-refractivity contribution in [3.63, 3.8) is 0 Å². The van der Waals surface area contributed by atoms with E-state index in [0.29, 0.717) is 0 Å². The van der Waals surface area contributed by atoms with Crippen LogP contribution < -0.4 is 10.6 Å². The summed E-state index contributed by atoms with van der Waals surface area (Å²) in [6.45, 7) is 7.96. The number of amides is 3. The monoisotopic (exact) mass is 337 g/mol. The number of rotatable bonds is 4. The van der Waals surface area contributed by atoms with E-state index >= 15 is 0 Å². The number of carbonyl (C=O) groups excluding carboxylic acids is 2. The highest BCUT2D eigenvalue weighted by Gasteiger charge is 2.52. The van der Waals surface area contributed by atoms with Gasteiger partial charge in [-0.3, -0.25) is 9.69 Å². The van der Waals surface area contributed by atoms with E-state index in [2.05, 4.69) is 20.2 Å². The molecule has 23 heavy (non-hydrogen) atoms. The number of imide groups is 1. The Morgan fingerprint density at radius 3 is 2.70 bits per heavy atom. The van der Waals surface area contributed by atoms with Crippen LogP contribution in [0.4, 0.5) is 4.79 Å². The molecule has 1 atom stereocenters. The van der Waals surface area contributed by atoms with Crippen LogP contribution >= 0.6 is 11.5 Å². The van der Waals surface area contributed by atoms with Crippen molar-refractivity contribution in [1.29, 1.82) is 0 Å². The summed E-state index contributed by atoms with van der Waals surface area (Å²) in [4.78, 5) is 27.5. The fraction of sp³-hybridized carbons (Fsp3) is 0.733. The first-order valence-electron chi connectivity index (χ1n) is 8.09. The molecule has 0 spiro atoms. The first kappa shape index (κ1) is 16.3. The summed E-state index contributed by atoms with van der Waals surface area (Å²) in [5, 5.41) is 10.4. The molecule has 2 N–H and O–H groups in total. The topological polar surface area (TPSA) is 87.2 Å². The second-order valence-electron chi connectivity index (χ2n) is 6.78. The summed E-state index contributed by atoms with van der Waals surface area (Å²) in [6, 6.07) is -0.306. The van der Waals surface area contributed by atoms with Crippen LogP contribution in [0.15, 0.2) is 0 Å². The van der Waals surface area contributed by atoms with Gasteiger partial charge in [-0.05, 0) is 56.2 Å². The lowest BCUT2D eigenvalue weighted by atomic mass is 9.79. The summed E-state index contributed by atoms with van der Waals surface area (Å²) < 4.78 is 3.98. The van der Waals surface area contributed by atoms with Crippen molar-refractivity contribution in [3.8, 4) is 0 Å². The summed E-state index contributed by atoms with van der Waals surface area (Å²) in [5.74, 6) is 0.271. The molecular weight excluding hydrogens is 314 g/mol. The fourth-order valence-electron chi connectivity index (χ4n) is 3.44. The molecule has 126 valence electrons.